The molecule has 0 unspecified atom stereocenters. The Labute approximate surface area is 112 Å². The van der Waals surface area contributed by atoms with E-state index in [2.05, 4.69) is 5.32 Å². The topological polar surface area (TPSA) is 12.0 Å². The molecule has 0 amide bonds. The van der Waals surface area contributed by atoms with E-state index in [4.69, 9.17) is 0 Å². The summed E-state index contributed by atoms with van der Waals surface area (Å²) in [7, 11) is 0. The molecule has 0 aliphatic carbocycles. The zero-order chi connectivity index (χ0) is 14.7. The van der Waals surface area contributed by atoms with Crippen LogP contribution < -0.4 is 5.32 Å². The highest BCUT2D eigenvalue weighted by molar-refractivity contribution is 5.46. The van der Waals surface area contributed by atoms with E-state index in [-0.39, 0.29) is 17.8 Å². The zero-order valence-electron chi connectivity index (χ0n) is 10.1. The van der Waals surface area contributed by atoms with Crippen LogP contribution in [0.4, 0.5) is 27.6 Å². The van der Waals surface area contributed by atoms with Gasteiger partial charge in [0.1, 0.15) is 5.82 Å². The molecule has 2 aromatic carbocycles. The lowest BCUT2D eigenvalue weighted by Gasteiger charge is -2.09. The third-order valence-corrected chi connectivity index (χ3v) is 2.72. The first kappa shape index (κ1) is 14.3. The normalized spacial score (nSPS) is 10.9. The molecule has 106 valence electrons. The van der Waals surface area contributed by atoms with Crippen molar-refractivity contribution in [1.82, 2.24) is 0 Å². The molecule has 0 spiro atoms. The average molecular weight is 287 g/mol. The van der Waals surface area contributed by atoms with E-state index in [0.717, 1.165) is 0 Å². The summed E-state index contributed by atoms with van der Waals surface area (Å²) < 4.78 is 63.7. The summed E-state index contributed by atoms with van der Waals surface area (Å²) in [6.45, 7) is 0.103. The van der Waals surface area contributed by atoms with E-state index >= 15 is 0 Å². The van der Waals surface area contributed by atoms with Gasteiger partial charge in [-0.3, -0.25) is 0 Å². The van der Waals surface area contributed by atoms with Crippen LogP contribution in [-0.2, 0) is 6.54 Å². The molecule has 2 rings (SSSR count). The van der Waals surface area contributed by atoms with Gasteiger partial charge in [-0.2, -0.15) is 0 Å². The van der Waals surface area contributed by atoms with Gasteiger partial charge in [0.25, 0.3) is 6.43 Å². The van der Waals surface area contributed by atoms with Crippen molar-refractivity contribution >= 4 is 5.69 Å². The fraction of sp³-hybridized carbons (Fsp3) is 0.143. The zero-order valence-corrected chi connectivity index (χ0v) is 10.1. The van der Waals surface area contributed by atoms with Crippen LogP contribution in [0.25, 0.3) is 0 Å². The summed E-state index contributed by atoms with van der Waals surface area (Å²) in [4.78, 5) is 0. The number of hydrogen-bond acceptors (Lipinski definition) is 1. The van der Waals surface area contributed by atoms with E-state index in [1.807, 2.05) is 0 Å². The third-order valence-electron chi connectivity index (χ3n) is 2.72. The second-order valence-electron chi connectivity index (χ2n) is 4.14. The fourth-order valence-corrected chi connectivity index (χ4v) is 1.64. The third kappa shape index (κ3) is 3.26. The molecule has 1 nitrogen and oxygen atoms in total. The standard InChI is InChI=1S/C14H10F5N/c15-10-5-12(17)13(6-11(10)16)20-7-8-1-3-9(4-2-8)14(18)19/h1-6,14,20H,7H2. The van der Waals surface area contributed by atoms with Gasteiger partial charge in [-0.1, -0.05) is 24.3 Å². The van der Waals surface area contributed by atoms with Crippen molar-refractivity contribution in [3.8, 4) is 0 Å². The molecular weight excluding hydrogens is 277 g/mol. The quantitative estimate of drug-likeness (QED) is 0.637. The van der Waals surface area contributed by atoms with E-state index in [1.165, 1.54) is 24.3 Å². The smallest absolute Gasteiger partial charge is 0.263 e. The molecule has 0 aliphatic rings. The summed E-state index contributed by atoms with van der Waals surface area (Å²) in [5.74, 6) is -3.36. The average Bonchev–Trinajstić information content (AvgIpc) is 2.42. The Morgan fingerprint density at radius 2 is 1.45 bits per heavy atom. The van der Waals surface area contributed by atoms with Crippen molar-refractivity contribution in [3.63, 3.8) is 0 Å². The minimum absolute atomic E-state index is 0.103. The maximum absolute atomic E-state index is 13.3. The first-order valence-corrected chi connectivity index (χ1v) is 5.73. The lowest BCUT2D eigenvalue weighted by Crippen LogP contribution is -2.03. The SMILES string of the molecule is Fc1cc(F)c(NCc2ccc(C(F)F)cc2)cc1F. The molecule has 0 radical (unpaired) electrons. The van der Waals surface area contributed by atoms with Crippen LogP contribution in [0.5, 0.6) is 0 Å². The molecule has 20 heavy (non-hydrogen) atoms. The van der Waals surface area contributed by atoms with Crippen molar-refractivity contribution in [3.05, 3.63) is 65.0 Å². The lowest BCUT2D eigenvalue weighted by atomic mass is 10.1. The summed E-state index contributed by atoms with van der Waals surface area (Å²) in [5.41, 5.74) is 0.299. The lowest BCUT2D eigenvalue weighted by molar-refractivity contribution is 0.151. The highest BCUT2D eigenvalue weighted by atomic mass is 19.3. The predicted molar refractivity (Wildman–Crippen MR) is 65.0 cm³/mol. The molecule has 0 fully saturated rings. The fourth-order valence-electron chi connectivity index (χ4n) is 1.64. The monoisotopic (exact) mass is 287 g/mol. The molecular formula is C14H10F5N. The molecule has 0 bridgehead atoms. The second kappa shape index (κ2) is 5.90. The van der Waals surface area contributed by atoms with Gasteiger partial charge in [-0.05, 0) is 5.56 Å². The van der Waals surface area contributed by atoms with Crippen LogP contribution >= 0.6 is 0 Å². The molecule has 0 aliphatic heterocycles. The molecule has 0 saturated heterocycles. The number of alkyl halides is 2. The van der Waals surface area contributed by atoms with Gasteiger partial charge in [0, 0.05) is 24.2 Å². The Morgan fingerprint density at radius 1 is 0.850 bits per heavy atom. The largest absolute Gasteiger partial charge is 0.379 e. The highest BCUT2D eigenvalue weighted by Crippen LogP contribution is 2.21. The van der Waals surface area contributed by atoms with Gasteiger partial charge < -0.3 is 5.32 Å². The number of hydrogen-bond donors (Lipinski definition) is 1. The minimum Gasteiger partial charge on any atom is -0.379 e. The van der Waals surface area contributed by atoms with Gasteiger partial charge in [0.2, 0.25) is 0 Å². The van der Waals surface area contributed by atoms with Crippen LogP contribution in [0.3, 0.4) is 0 Å². The predicted octanol–water partition coefficient (Wildman–Crippen LogP) is 4.65. The van der Waals surface area contributed by atoms with Crippen LogP contribution in [0.1, 0.15) is 17.6 Å². The summed E-state index contributed by atoms with van der Waals surface area (Å²) >= 11 is 0. The van der Waals surface area contributed by atoms with Gasteiger partial charge in [-0.25, -0.2) is 22.0 Å². The molecule has 0 aromatic heterocycles. The molecule has 6 heteroatoms. The van der Waals surface area contributed by atoms with E-state index in [1.54, 1.807) is 0 Å². The van der Waals surface area contributed by atoms with E-state index in [0.29, 0.717) is 17.7 Å². The number of nitrogens with one attached hydrogen (secondary N) is 1. The summed E-state index contributed by atoms with van der Waals surface area (Å²) in [6.07, 6.45) is -2.55. The Bertz CT molecular complexity index is 595. The number of rotatable bonds is 4. The van der Waals surface area contributed by atoms with E-state index < -0.39 is 23.9 Å². The van der Waals surface area contributed by atoms with Crippen LogP contribution in [0, 0.1) is 17.5 Å². The maximum Gasteiger partial charge on any atom is 0.263 e. The Morgan fingerprint density at radius 3 is 2.05 bits per heavy atom. The van der Waals surface area contributed by atoms with Gasteiger partial charge in [0.15, 0.2) is 11.6 Å². The van der Waals surface area contributed by atoms with Crippen molar-refractivity contribution < 1.29 is 22.0 Å². The van der Waals surface area contributed by atoms with Crippen molar-refractivity contribution in [2.45, 2.75) is 13.0 Å². The van der Waals surface area contributed by atoms with Crippen LogP contribution in [0.15, 0.2) is 36.4 Å². The van der Waals surface area contributed by atoms with Crippen LogP contribution in [-0.4, -0.2) is 0 Å². The highest BCUT2D eigenvalue weighted by Gasteiger charge is 2.10. The molecule has 0 saturated carbocycles. The summed E-state index contributed by atoms with van der Waals surface area (Å²) in [6, 6.07) is 6.56. The first-order chi connectivity index (χ1) is 9.47. The Balaban J connectivity index is 2.07. The van der Waals surface area contributed by atoms with Crippen molar-refractivity contribution in [1.29, 1.82) is 0 Å². The van der Waals surface area contributed by atoms with Gasteiger partial charge in [0.05, 0.1) is 5.69 Å². The minimum atomic E-state index is -2.55. The molecule has 0 atom stereocenters. The first-order valence-electron chi connectivity index (χ1n) is 5.73. The Kier molecular flexibility index (Phi) is 4.22. The van der Waals surface area contributed by atoms with Crippen molar-refractivity contribution in [2.75, 3.05) is 5.32 Å². The maximum atomic E-state index is 13.3. The van der Waals surface area contributed by atoms with Crippen LogP contribution in [0.2, 0.25) is 0 Å². The van der Waals surface area contributed by atoms with Crippen molar-refractivity contribution in [2.24, 2.45) is 0 Å². The second-order valence-corrected chi connectivity index (χ2v) is 4.14. The molecule has 0 heterocycles. The van der Waals surface area contributed by atoms with Gasteiger partial charge >= 0.3 is 0 Å². The summed E-state index contributed by atoms with van der Waals surface area (Å²) in [5, 5.41) is 2.58. The number of halogens is 5. The van der Waals surface area contributed by atoms with Gasteiger partial charge in [-0.15, -0.1) is 0 Å². The van der Waals surface area contributed by atoms with E-state index in [9.17, 15) is 22.0 Å². The number of benzene rings is 2. The Hall–Kier alpha value is -2.11. The molecule has 2 aromatic rings. The molecule has 1 N–H and O–H groups in total. The number of anilines is 1.